The summed E-state index contributed by atoms with van der Waals surface area (Å²) in [5.41, 5.74) is -0.889. The predicted molar refractivity (Wildman–Crippen MR) is 149 cm³/mol. The predicted octanol–water partition coefficient (Wildman–Crippen LogP) is 4.15. The van der Waals surface area contributed by atoms with Crippen molar-refractivity contribution in [2.45, 2.75) is 77.7 Å². The number of carbonyl (C=O) groups is 3. The minimum Gasteiger partial charge on any atom is -0.466 e. The molecule has 1 aromatic carbocycles. The van der Waals surface area contributed by atoms with Gasteiger partial charge in [-0.15, -0.1) is 6.58 Å². The number of esters is 1. The monoisotopic (exact) mass is 560 g/mol. The van der Waals surface area contributed by atoms with Crippen LogP contribution in [0.5, 0.6) is 0 Å². The zero-order chi connectivity index (χ0) is 28.9. The lowest BCUT2D eigenvalue weighted by Gasteiger charge is -2.41. The number of benzene rings is 1. The fourth-order valence-corrected chi connectivity index (χ4v) is 7.57. The highest BCUT2D eigenvalue weighted by atomic mass is 35.5. The summed E-state index contributed by atoms with van der Waals surface area (Å²) in [7, 11) is 0. The zero-order valence-corrected chi connectivity index (χ0v) is 24.5. The first-order valence-electron chi connectivity index (χ1n) is 13.9. The van der Waals surface area contributed by atoms with Gasteiger partial charge in [-0.25, -0.2) is 0 Å². The van der Waals surface area contributed by atoms with E-state index in [4.69, 9.17) is 21.1 Å². The molecule has 3 aliphatic rings. The Hall–Kier alpha value is -2.42. The van der Waals surface area contributed by atoms with Gasteiger partial charge in [0, 0.05) is 6.54 Å². The van der Waals surface area contributed by atoms with Crippen LogP contribution in [0.3, 0.4) is 0 Å². The standard InChI is InChI=1S/C30H41ClN2O6/c1-8-14-32(24-18(5)12-11-13-20(24)31)27(36)25-30-15-19(6)29(7,39-30)23(28(37)38-10-3)22(30)26(35)33(25)21(16-34)17(4)9-2/h8,11-13,17,19,21-23,25,34H,1,9-10,14-16H2,2-7H3/t17-,19?,21-,22-,23+,25?,29-,30?/m0/s1. The Morgan fingerprint density at radius 1 is 1.38 bits per heavy atom. The van der Waals surface area contributed by atoms with Crippen molar-refractivity contribution in [3.8, 4) is 0 Å². The molecule has 1 N–H and O–H groups in total. The first kappa shape index (κ1) is 29.6. The fourth-order valence-electron chi connectivity index (χ4n) is 7.25. The Kier molecular flexibility index (Phi) is 8.23. The number of aliphatic hydroxyl groups excluding tert-OH is 1. The number of rotatable bonds is 10. The number of halogens is 1. The number of hydrogen-bond acceptors (Lipinski definition) is 6. The van der Waals surface area contributed by atoms with Gasteiger partial charge < -0.3 is 24.4 Å². The largest absolute Gasteiger partial charge is 0.466 e. The molecular formula is C30H41ClN2O6. The lowest BCUT2D eigenvalue weighted by atomic mass is 9.62. The molecule has 9 heteroatoms. The number of ether oxygens (including phenoxy) is 2. The Morgan fingerprint density at radius 3 is 2.64 bits per heavy atom. The molecule has 3 saturated heterocycles. The zero-order valence-electron chi connectivity index (χ0n) is 23.8. The van der Waals surface area contributed by atoms with Gasteiger partial charge in [0.15, 0.2) is 0 Å². The van der Waals surface area contributed by atoms with E-state index in [9.17, 15) is 19.5 Å². The molecular weight excluding hydrogens is 520 g/mol. The highest BCUT2D eigenvalue weighted by molar-refractivity contribution is 6.34. The molecule has 8 atom stereocenters. The van der Waals surface area contributed by atoms with Crippen molar-refractivity contribution in [3.05, 3.63) is 41.4 Å². The van der Waals surface area contributed by atoms with Gasteiger partial charge in [0.05, 0.1) is 41.5 Å². The number of aliphatic hydroxyl groups is 1. The number of fused-ring (bicyclic) bond motifs is 1. The van der Waals surface area contributed by atoms with Crippen LogP contribution in [0.25, 0.3) is 0 Å². The molecule has 1 spiro atoms. The van der Waals surface area contributed by atoms with Crippen molar-refractivity contribution < 1.29 is 29.0 Å². The fraction of sp³-hybridized carbons (Fsp3) is 0.633. The van der Waals surface area contributed by atoms with E-state index in [1.165, 1.54) is 4.90 Å². The Morgan fingerprint density at radius 2 is 2.08 bits per heavy atom. The average Bonchev–Trinajstić information content (AvgIpc) is 3.40. The van der Waals surface area contributed by atoms with Gasteiger partial charge in [-0.2, -0.15) is 0 Å². The van der Waals surface area contributed by atoms with E-state index in [0.29, 0.717) is 23.6 Å². The van der Waals surface area contributed by atoms with E-state index in [2.05, 4.69) is 6.58 Å². The van der Waals surface area contributed by atoms with Gasteiger partial charge in [0.25, 0.3) is 5.91 Å². The topological polar surface area (TPSA) is 96.4 Å². The molecule has 3 unspecified atom stereocenters. The van der Waals surface area contributed by atoms with Gasteiger partial charge in [-0.1, -0.05) is 57.0 Å². The second kappa shape index (κ2) is 10.9. The van der Waals surface area contributed by atoms with Crippen LogP contribution >= 0.6 is 11.6 Å². The van der Waals surface area contributed by atoms with Crippen molar-refractivity contribution in [2.75, 3.05) is 24.7 Å². The number of para-hydroxylation sites is 1. The van der Waals surface area contributed by atoms with Crippen molar-refractivity contribution in [3.63, 3.8) is 0 Å². The molecule has 0 radical (unpaired) electrons. The van der Waals surface area contributed by atoms with E-state index in [0.717, 1.165) is 5.56 Å². The Bertz CT molecular complexity index is 1140. The maximum atomic E-state index is 14.8. The third kappa shape index (κ3) is 4.30. The molecule has 0 aromatic heterocycles. The molecule has 8 nitrogen and oxygen atoms in total. The van der Waals surface area contributed by atoms with E-state index in [1.54, 1.807) is 24.0 Å². The summed E-state index contributed by atoms with van der Waals surface area (Å²) < 4.78 is 12.2. The number of hydrogen-bond donors (Lipinski definition) is 1. The second-order valence-corrected chi connectivity index (χ2v) is 11.9. The van der Waals surface area contributed by atoms with E-state index in [1.807, 2.05) is 46.8 Å². The van der Waals surface area contributed by atoms with Gasteiger partial charge in [-0.3, -0.25) is 14.4 Å². The molecule has 3 heterocycles. The van der Waals surface area contributed by atoms with Crippen molar-refractivity contribution in [1.82, 2.24) is 4.90 Å². The average molecular weight is 561 g/mol. The van der Waals surface area contributed by atoms with Gasteiger partial charge >= 0.3 is 5.97 Å². The summed E-state index contributed by atoms with van der Waals surface area (Å²) in [5, 5.41) is 11.0. The van der Waals surface area contributed by atoms with Gasteiger partial charge in [-0.05, 0) is 50.7 Å². The van der Waals surface area contributed by atoms with Crippen LogP contribution in [0.4, 0.5) is 5.69 Å². The van der Waals surface area contributed by atoms with Crippen LogP contribution < -0.4 is 4.90 Å². The number of amides is 2. The van der Waals surface area contributed by atoms with E-state index in [-0.39, 0.29) is 43.4 Å². The molecule has 3 fully saturated rings. The first-order valence-corrected chi connectivity index (χ1v) is 14.3. The lowest BCUT2D eigenvalue weighted by molar-refractivity contribution is -0.162. The molecule has 2 bridgehead atoms. The second-order valence-electron chi connectivity index (χ2n) is 11.5. The number of likely N-dealkylation sites (tertiary alicyclic amines) is 1. The molecule has 2 amide bonds. The van der Waals surface area contributed by atoms with Crippen LogP contribution in [0, 0.1) is 30.6 Å². The lowest BCUT2D eigenvalue weighted by Crippen LogP contribution is -2.60. The summed E-state index contributed by atoms with van der Waals surface area (Å²) in [4.78, 5) is 45.7. The molecule has 4 rings (SSSR count). The molecule has 0 aliphatic carbocycles. The summed E-state index contributed by atoms with van der Waals surface area (Å²) >= 11 is 6.63. The van der Waals surface area contributed by atoms with Gasteiger partial charge in [0.2, 0.25) is 5.91 Å². The highest BCUT2D eigenvalue weighted by Gasteiger charge is 2.81. The Labute approximate surface area is 236 Å². The maximum Gasteiger partial charge on any atom is 0.312 e. The minimum atomic E-state index is -1.25. The SMILES string of the molecule is C=CCN(C(=O)C1N([C@@H](CO)[C@@H](C)CC)C(=O)[C@@H]2[C@H](C(=O)OCC)[C@@]3(C)OC12CC3C)c1c(C)cccc1Cl. The summed E-state index contributed by atoms with van der Waals surface area (Å²) in [5.74, 6) is -3.19. The summed E-state index contributed by atoms with van der Waals surface area (Å²) in [6.45, 7) is 15.2. The highest BCUT2D eigenvalue weighted by Crippen LogP contribution is 2.66. The molecule has 214 valence electrons. The molecule has 3 aliphatic heterocycles. The normalized spacial score (nSPS) is 32.6. The van der Waals surface area contributed by atoms with E-state index < -0.39 is 41.1 Å². The summed E-state index contributed by atoms with van der Waals surface area (Å²) in [6.07, 6.45) is 2.72. The van der Waals surface area contributed by atoms with Crippen LogP contribution in [-0.4, -0.2) is 70.8 Å². The number of carbonyl (C=O) groups excluding carboxylic acids is 3. The van der Waals surface area contributed by atoms with Crippen LogP contribution in [0.2, 0.25) is 5.02 Å². The minimum absolute atomic E-state index is 0.106. The first-order chi connectivity index (χ1) is 18.4. The van der Waals surface area contributed by atoms with Crippen molar-refractivity contribution in [1.29, 1.82) is 0 Å². The molecule has 0 saturated carbocycles. The summed E-state index contributed by atoms with van der Waals surface area (Å²) in [6, 6.07) is 3.70. The number of nitrogens with zero attached hydrogens (tertiary/aromatic N) is 2. The molecule has 39 heavy (non-hydrogen) atoms. The number of aryl methyl sites for hydroxylation is 1. The third-order valence-corrected chi connectivity index (χ3v) is 9.71. The van der Waals surface area contributed by atoms with Crippen LogP contribution in [0.1, 0.15) is 53.0 Å². The van der Waals surface area contributed by atoms with E-state index >= 15 is 0 Å². The van der Waals surface area contributed by atoms with Crippen molar-refractivity contribution >= 4 is 35.1 Å². The van der Waals surface area contributed by atoms with Crippen LogP contribution in [-0.2, 0) is 23.9 Å². The molecule has 1 aromatic rings. The quantitative estimate of drug-likeness (QED) is 0.341. The third-order valence-electron chi connectivity index (χ3n) is 9.41. The van der Waals surface area contributed by atoms with Crippen molar-refractivity contribution in [2.24, 2.45) is 23.7 Å². The maximum absolute atomic E-state index is 14.8. The number of anilines is 1. The van der Waals surface area contributed by atoms with Gasteiger partial charge in [0.1, 0.15) is 17.6 Å². The van der Waals surface area contributed by atoms with Crippen LogP contribution in [0.15, 0.2) is 30.9 Å². The smallest absolute Gasteiger partial charge is 0.312 e. The Balaban J connectivity index is 1.94.